The average Bonchev–Trinajstić information content (AvgIpc) is 2.20. The fourth-order valence-corrected chi connectivity index (χ4v) is 1.26. The number of rotatable bonds is 5. The highest BCUT2D eigenvalue weighted by Gasteiger charge is 2.05. The summed E-state index contributed by atoms with van der Waals surface area (Å²) >= 11 is 0. The van der Waals surface area contributed by atoms with Crippen molar-refractivity contribution in [3.05, 3.63) is 35.4 Å². The lowest BCUT2D eigenvalue weighted by Crippen LogP contribution is -2.04. The van der Waals surface area contributed by atoms with Crippen molar-refractivity contribution in [2.45, 2.75) is 12.7 Å². The molecule has 3 heteroatoms. The van der Waals surface area contributed by atoms with Gasteiger partial charge in [-0.2, -0.15) is 0 Å². The van der Waals surface area contributed by atoms with Crippen LogP contribution < -0.4 is 0 Å². The zero-order valence-electron chi connectivity index (χ0n) is 8.56. The van der Waals surface area contributed by atoms with Gasteiger partial charge in [0.15, 0.2) is 0 Å². The summed E-state index contributed by atoms with van der Waals surface area (Å²) in [5, 5.41) is 9.59. The summed E-state index contributed by atoms with van der Waals surface area (Å²) in [6.07, 6.45) is -0.545. The van der Waals surface area contributed by atoms with Gasteiger partial charge in [0.05, 0.1) is 13.2 Å². The Morgan fingerprint density at radius 3 is 2.29 bits per heavy atom. The molecule has 1 N–H and O–H groups in total. The Labute approximate surface area is 84.3 Å². The second kappa shape index (κ2) is 5.75. The maximum absolute atomic E-state index is 9.59. The predicted octanol–water partition coefficient (Wildman–Crippen LogP) is 1.51. The lowest BCUT2D eigenvalue weighted by molar-refractivity contribution is 0.0643. The average molecular weight is 196 g/mol. The molecule has 0 spiro atoms. The molecule has 1 unspecified atom stereocenters. The first-order valence-corrected chi connectivity index (χ1v) is 4.52. The lowest BCUT2D eigenvalue weighted by Gasteiger charge is -2.10. The maximum atomic E-state index is 9.59. The Morgan fingerprint density at radius 1 is 1.14 bits per heavy atom. The van der Waals surface area contributed by atoms with Crippen LogP contribution >= 0.6 is 0 Å². The molecule has 0 bridgehead atoms. The minimum atomic E-state index is -0.545. The molecule has 0 heterocycles. The molecule has 1 atom stereocenters. The van der Waals surface area contributed by atoms with Crippen molar-refractivity contribution in [1.29, 1.82) is 0 Å². The largest absolute Gasteiger partial charge is 0.386 e. The van der Waals surface area contributed by atoms with Crippen LogP contribution in [0.2, 0.25) is 0 Å². The molecule has 14 heavy (non-hydrogen) atoms. The van der Waals surface area contributed by atoms with Crippen LogP contribution in [0.15, 0.2) is 24.3 Å². The Balaban J connectivity index is 2.62. The standard InChI is InChI=1S/C11H16O3/c1-13-7-9-3-5-10(6-4-9)11(12)8-14-2/h3-6,11-12H,7-8H2,1-2H3. The normalized spacial score (nSPS) is 12.8. The van der Waals surface area contributed by atoms with E-state index in [4.69, 9.17) is 9.47 Å². The fourth-order valence-electron chi connectivity index (χ4n) is 1.26. The van der Waals surface area contributed by atoms with Crippen molar-refractivity contribution < 1.29 is 14.6 Å². The van der Waals surface area contributed by atoms with Crippen LogP contribution in [0, 0.1) is 0 Å². The maximum Gasteiger partial charge on any atom is 0.102 e. The summed E-state index contributed by atoms with van der Waals surface area (Å²) < 4.78 is 9.85. The van der Waals surface area contributed by atoms with Gasteiger partial charge in [-0.3, -0.25) is 0 Å². The van der Waals surface area contributed by atoms with Gasteiger partial charge >= 0.3 is 0 Å². The van der Waals surface area contributed by atoms with E-state index in [9.17, 15) is 5.11 Å². The van der Waals surface area contributed by atoms with Crippen LogP contribution in [0.5, 0.6) is 0 Å². The molecule has 0 saturated carbocycles. The Bertz CT molecular complexity index is 256. The van der Waals surface area contributed by atoms with Gasteiger partial charge in [0.1, 0.15) is 6.10 Å². The van der Waals surface area contributed by atoms with Crippen LogP contribution in [0.25, 0.3) is 0 Å². The second-order valence-corrected chi connectivity index (χ2v) is 3.15. The fraction of sp³-hybridized carbons (Fsp3) is 0.455. The SMILES string of the molecule is COCc1ccc(C(O)COC)cc1. The highest BCUT2D eigenvalue weighted by atomic mass is 16.5. The van der Waals surface area contributed by atoms with Crippen LogP contribution in [0.3, 0.4) is 0 Å². The van der Waals surface area contributed by atoms with Crippen LogP contribution in [-0.4, -0.2) is 25.9 Å². The van der Waals surface area contributed by atoms with Crippen molar-refractivity contribution in [3.8, 4) is 0 Å². The van der Waals surface area contributed by atoms with Gasteiger partial charge in [0.25, 0.3) is 0 Å². The molecule has 0 aliphatic heterocycles. The first kappa shape index (κ1) is 11.2. The molecule has 1 aromatic carbocycles. The molecule has 0 aliphatic rings. The van der Waals surface area contributed by atoms with Crippen molar-refractivity contribution >= 4 is 0 Å². The highest BCUT2D eigenvalue weighted by molar-refractivity contribution is 5.23. The van der Waals surface area contributed by atoms with Crippen molar-refractivity contribution in [2.75, 3.05) is 20.8 Å². The molecule has 0 fully saturated rings. The van der Waals surface area contributed by atoms with E-state index in [-0.39, 0.29) is 0 Å². The Kier molecular flexibility index (Phi) is 4.59. The monoisotopic (exact) mass is 196 g/mol. The molecule has 0 amide bonds. The van der Waals surface area contributed by atoms with E-state index < -0.39 is 6.10 Å². The van der Waals surface area contributed by atoms with Gasteiger partial charge in [0, 0.05) is 14.2 Å². The lowest BCUT2D eigenvalue weighted by atomic mass is 10.1. The summed E-state index contributed by atoms with van der Waals surface area (Å²) in [6.45, 7) is 0.921. The molecule has 0 radical (unpaired) electrons. The summed E-state index contributed by atoms with van der Waals surface area (Å²) in [6, 6.07) is 7.66. The first-order chi connectivity index (χ1) is 6.77. The number of benzene rings is 1. The van der Waals surface area contributed by atoms with Crippen molar-refractivity contribution in [2.24, 2.45) is 0 Å². The summed E-state index contributed by atoms with van der Waals surface area (Å²) in [5.41, 5.74) is 1.97. The van der Waals surface area contributed by atoms with Gasteiger partial charge in [-0.25, -0.2) is 0 Å². The molecule has 0 aromatic heterocycles. The first-order valence-electron chi connectivity index (χ1n) is 4.52. The predicted molar refractivity (Wildman–Crippen MR) is 54.0 cm³/mol. The van der Waals surface area contributed by atoms with Crippen LogP contribution in [0.4, 0.5) is 0 Å². The summed E-state index contributed by atoms with van der Waals surface area (Å²) in [5.74, 6) is 0. The minimum absolute atomic E-state index is 0.323. The Hall–Kier alpha value is -0.900. The molecule has 1 aromatic rings. The van der Waals surface area contributed by atoms with E-state index in [2.05, 4.69) is 0 Å². The van der Waals surface area contributed by atoms with Gasteiger partial charge < -0.3 is 14.6 Å². The van der Waals surface area contributed by atoms with E-state index in [1.807, 2.05) is 24.3 Å². The molecule has 78 valence electrons. The van der Waals surface area contributed by atoms with Gasteiger partial charge in [0.2, 0.25) is 0 Å². The molecule has 1 rings (SSSR count). The van der Waals surface area contributed by atoms with Gasteiger partial charge in [-0.15, -0.1) is 0 Å². The molecule has 0 aliphatic carbocycles. The summed E-state index contributed by atoms with van der Waals surface area (Å²) in [4.78, 5) is 0. The third-order valence-electron chi connectivity index (χ3n) is 2.00. The van der Waals surface area contributed by atoms with Gasteiger partial charge in [-0.1, -0.05) is 24.3 Å². The van der Waals surface area contributed by atoms with E-state index in [1.165, 1.54) is 0 Å². The number of ether oxygens (including phenoxy) is 2. The number of aliphatic hydroxyl groups is 1. The van der Waals surface area contributed by atoms with Crippen molar-refractivity contribution in [1.82, 2.24) is 0 Å². The highest BCUT2D eigenvalue weighted by Crippen LogP contribution is 2.14. The van der Waals surface area contributed by atoms with E-state index in [1.54, 1.807) is 14.2 Å². The zero-order valence-corrected chi connectivity index (χ0v) is 8.56. The molecule has 0 saturated heterocycles. The minimum Gasteiger partial charge on any atom is -0.386 e. The van der Waals surface area contributed by atoms with Gasteiger partial charge in [-0.05, 0) is 11.1 Å². The van der Waals surface area contributed by atoms with E-state index in [0.717, 1.165) is 11.1 Å². The number of methoxy groups -OCH3 is 2. The quantitative estimate of drug-likeness (QED) is 0.775. The summed E-state index contributed by atoms with van der Waals surface area (Å²) in [7, 11) is 3.23. The molecular weight excluding hydrogens is 180 g/mol. The van der Waals surface area contributed by atoms with E-state index in [0.29, 0.717) is 13.2 Å². The Morgan fingerprint density at radius 2 is 1.79 bits per heavy atom. The molecule has 3 nitrogen and oxygen atoms in total. The number of hydrogen-bond donors (Lipinski definition) is 1. The van der Waals surface area contributed by atoms with E-state index >= 15 is 0 Å². The topological polar surface area (TPSA) is 38.7 Å². The third kappa shape index (κ3) is 3.10. The third-order valence-corrected chi connectivity index (χ3v) is 2.00. The zero-order chi connectivity index (χ0) is 10.4. The van der Waals surface area contributed by atoms with Crippen LogP contribution in [0.1, 0.15) is 17.2 Å². The van der Waals surface area contributed by atoms with Crippen molar-refractivity contribution in [3.63, 3.8) is 0 Å². The smallest absolute Gasteiger partial charge is 0.102 e. The number of hydrogen-bond acceptors (Lipinski definition) is 3. The second-order valence-electron chi connectivity index (χ2n) is 3.15. The molecular formula is C11H16O3. The number of aliphatic hydroxyl groups excluding tert-OH is 1. The van der Waals surface area contributed by atoms with Crippen LogP contribution in [-0.2, 0) is 16.1 Å².